The molecule has 136 valence electrons. The predicted molar refractivity (Wildman–Crippen MR) is 97.0 cm³/mol. The fourth-order valence-corrected chi connectivity index (χ4v) is 2.42. The fourth-order valence-electron chi connectivity index (χ4n) is 2.42. The van der Waals surface area contributed by atoms with Crippen LogP contribution in [0.25, 0.3) is 11.0 Å². The highest BCUT2D eigenvalue weighted by molar-refractivity contribution is 5.87. The fraction of sp³-hybridized carbons (Fsp3) is 0.444. The average molecular weight is 348 g/mol. The number of rotatable bonds is 4. The van der Waals surface area contributed by atoms with Crippen LogP contribution in [0.2, 0.25) is 0 Å². The summed E-state index contributed by atoms with van der Waals surface area (Å²) in [5.74, 6) is 0.766. The van der Waals surface area contributed by atoms with Crippen molar-refractivity contribution in [3.8, 4) is 0 Å². The molecule has 3 N–H and O–H groups in total. The first kappa shape index (κ1) is 18.8. The minimum atomic E-state index is -0.293. The quantitative estimate of drug-likeness (QED) is 0.586. The molecule has 0 aliphatic rings. The molecule has 0 aliphatic heterocycles. The molecule has 1 aromatic heterocycles. The maximum Gasteiger partial charge on any atom is 0.239 e. The van der Waals surface area contributed by atoms with Gasteiger partial charge in [-0.2, -0.15) is 0 Å². The van der Waals surface area contributed by atoms with Crippen LogP contribution in [0.5, 0.6) is 0 Å². The number of furan rings is 1. The summed E-state index contributed by atoms with van der Waals surface area (Å²) in [5, 5.41) is 9.66. The number of nitrogens with zero attached hydrogens (tertiary/aromatic N) is 1. The van der Waals surface area contributed by atoms with Gasteiger partial charge in [-0.3, -0.25) is 9.79 Å². The molecular formula is C18H25FN4O2. The van der Waals surface area contributed by atoms with Crippen molar-refractivity contribution >= 4 is 22.8 Å². The van der Waals surface area contributed by atoms with Gasteiger partial charge in [-0.05, 0) is 45.9 Å². The van der Waals surface area contributed by atoms with Crippen molar-refractivity contribution in [3.05, 3.63) is 35.3 Å². The summed E-state index contributed by atoms with van der Waals surface area (Å²) in [6, 6.07) is 4.45. The Labute approximate surface area is 146 Å². The van der Waals surface area contributed by atoms with Crippen LogP contribution in [-0.2, 0) is 11.3 Å². The summed E-state index contributed by atoms with van der Waals surface area (Å²) < 4.78 is 19.1. The van der Waals surface area contributed by atoms with Crippen LogP contribution in [0.3, 0.4) is 0 Å². The Morgan fingerprint density at radius 3 is 2.64 bits per heavy atom. The number of carbonyl (C=O) groups is 1. The number of guanidine groups is 1. The normalized spacial score (nSPS) is 12.3. The zero-order valence-electron chi connectivity index (χ0n) is 15.3. The van der Waals surface area contributed by atoms with E-state index in [1.54, 1.807) is 13.1 Å². The lowest BCUT2D eigenvalue weighted by Crippen LogP contribution is -2.48. The summed E-state index contributed by atoms with van der Waals surface area (Å²) in [7, 11) is 1.62. The van der Waals surface area contributed by atoms with Gasteiger partial charge in [0.15, 0.2) is 5.96 Å². The third kappa shape index (κ3) is 5.20. The summed E-state index contributed by atoms with van der Waals surface area (Å²) in [5.41, 5.74) is 1.24. The average Bonchev–Trinajstić information content (AvgIpc) is 2.82. The number of aliphatic imine (C=N–C) groups is 1. The molecule has 0 spiro atoms. The molecule has 2 aromatic rings. The van der Waals surface area contributed by atoms with E-state index < -0.39 is 0 Å². The van der Waals surface area contributed by atoms with Crippen LogP contribution in [0.4, 0.5) is 4.39 Å². The highest BCUT2D eigenvalue weighted by atomic mass is 19.1. The summed E-state index contributed by atoms with van der Waals surface area (Å²) in [6.07, 6.45) is 0. The molecule has 7 heteroatoms. The highest BCUT2D eigenvalue weighted by Gasteiger charge is 2.14. The van der Waals surface area contributed by atoms with Crippen molar-refractivity contribution < 1.29 is 13.6 Å². The molecule has 25 heavy (non-hydrogen) atoms. The molecule has 1 heterocycles. The first-order valence-corrected chi connectivity index (χ1v) is 8.12. The molecule has 0 aliphatic carbocycles. The standard InChI is InChI=1S/C18H25FN4O2/c1-11-13-8-12(19)6-7-14(13)25-15(11)9-21-17(20-5)22-10-16(24)23-18(2,3)4/h6-8H,9-10H2,1-5H3,(H,23,24)(H2,20,21,22). The van der Waals surface area contributed by atoms with Gasteiger partial charge in [0, 0.05) is 23.5 Å². The van der Waals surface area contributed by atoms with Crippen molar-refractivity contribution in [1.29, 1.82) is 0 Å². The minimum absolute atomic E-state index is 0.112. The summed E-state index contributed by atoms with van der Waals surface area (Å²) in [4.78, 5) is 15.9. The van der Waals surface area contributed by atoms with Crippen molar-refractivity contribution in [3.63, 3.8) is 0 Å². The van der Waals surface area contributed by atoms with Crippen LogP contribution >= 0.6 is 0 Å². The van der Waals surface area contributed by atoms with E-state index in [-0.39, 0.29) is 23.8 Å². The second-order valence-electron chi connectivity index (χ2n) is 6.87. The Morgan fingerprint density at radius 1 is 1.28 bits per heavy atom. The van der Waals surface area contributed by atoms with Crippen molar-refractivity contribution in [2.24, 2.45) is 4.99 Å². The van der Waals surface area contributed by atoms with Crippen molar-refractivity contribution in [1.82, 2.24) is 16.0 Å². The lowest BCUT2D eigenvalue weighted by Gasteiger charge is -2.21. The maximum absolute atomic E-state index is 13.4. The number of hydrogen-bond acceptors (Lipinski definition) is 3. The lowest BCUT2D eigenvalue weighted by molar-refractivity contribution is -0.121. The van der Waals surface area contributed by atoms with E-state index in [0.717, 1.165) is 10.9 Å². The van der Waals surface area contributed by atoms with E-state index in [9.17, 15) is 9.18 Å². The lowest BCUT2D eigenvalue weighted by atomic mass is 10.1. The van der Waals surface area contributed by atoms with Crippen LogP contribution in [-0.4, -0.2) is 31.0 Å². The third-order valence-corrected chi connectivity index (χ3v) is 3.57. The van der Waals surface area contributed by atoms with E-state index in [1.807, 2.05) is 27.7 Å². The number of nitrogens with one attached hydrogen (secondary N) is 3. The molecule has 0 fully saturated rings. The largest absolute Gasteiger partial charge is 0.459 e. The van der Waals surface area contributed by atoms with Gasteiger partial charge in [-0.15, -0.1) is 0 Å². The van der Waals surface area contributed by atoms with Gasteiger partial charge in [0.1, 0.15) is 17.2 Å². The van der Waals surface area contributed by atoms with E-state index in [2.05, 4.69) is 20.9 Å². The number of fused-ring (bicyclic) bond motifs is 1. The van der Waals surface area contributed by atoms with Gasteiger partial charge in [0.2, 0.25) is 5.91 Å². The van der Waals surface area contributed by atoms with E-state index in [1.165, 1.54) is 12.1 Å². The van der Waals surface area contributed by atoms with Crippen LogP contribution in [0.1, 0.15) is 32.1 Å². The zero-order valence-corrected chi connectivity index (χ0v) is 15.3. The summed E-state index contributed by atoms with van der Waals surface area (Å²) in [6.45, 7) is 8.14. The van der Waals surface area contributed by atoms with Gasteiger partial charge in [-0.1, -0.05) is 0 Å². The molecule has 0 unspecified atom stereocenters. The predicted octanol–water partition coefficient (Wildman–Crippen LogP) is 2.46. The smallest absolute Gasteiger partial charge is 0.239 e. The number of carbonyl (C=O) groups excluding carboxylic acids is 1. The van der Waals surface area contributed by atoms with Gasteiger partial charge in [-0.25, -0.2) is 4.39 Å². The maximum atomic E-state index is 13.4. The molecule has 0 saturated heterocycles. The Kier molecular flexibility index (Phi) is 5.66. The first-order chi connectivity index (χ1) is 11.7. The molecule has 0 bridgehead atoms. The number of benzene rings is 1. The monoisotopic (exact) mass is 348 g/mol. The van der Waals surface area contributed by atoms with Crippen molar-refractivity contribution in [2.45, 2.75) is 39.8 Å². The SMILES string of the molecule is CN=C(NCC(=O)NC(C)(C)C)NCc1oc2ccc(F)cc2c1C. The van der Waals surface area contributed by atoms with Gasteiger partial charge in [0.05, 0.1) is 13.1 Å². The van der Waals surface area contributed by atoms with E-state index >= 15 is 0 Å². The molecule has 6 nitrogen and oxygen atoms in total. The molecule has 0 radical (unpaired) electrons. The molecule has 1 amide bonds. The molecule has 2 rings (SSSR count). The third-order valence-electron chi connectivity index (χ3n) is 3.57. The molecule has 0 saturated carbocycles. The van der Waals surface area contributed by atoms with Crippen LogP contribution in [0.15, 0.2) is 27.6 Å². The topological polar surface area (TPSA) is 78.7 Å². The molecule has 1 aromatic carbocycles. The molecular weight excluding hydrogens is 323 g/mol. The highest BCUT2D eigenvalue weighted by Crippen LogP contribution is 2.25. The van der Waals surface area contributed by atoms with Gasteiger partial charge >= 0.3 is 0 Å². The Hall–Kier alpha value is -2.57. The summed E-state index contributed by atoms with van der Waals surface area (Å²) >= 11 is 0. The van der Waals surface area contributed by atoms with E-state index in [4.69, 9.17) is 4.42 Å². The van der Waals surface area contributed by atoms with Crippen LogP contribution < -0.4 is 16.0 Å². The number of amides is 1. The number of aryl methyl sites for hydroxylation is 1. The van der Waals surface area contributed by atoms with Gasteiger partial charge < -0.3 is 20.4 Å². The Balaban J connectivity index is 1.95. The van der Waals surface area contributed by atoms with E-state index in [0.29, 0.717) is 23.8 Å². The Morgan fingerprint density at radius 2 is 2.00 bits per heavy atom. The molecule has 0 atom stereocenters. The second-order valence-corrected chi connectivity index (χ2v) is 6.87. The number of hydrogen-bond donors (Lipinski definition) is 3. The van der Waals surface area contributed by atoms with Gasteiger partial charge in [0.25, 0.3) is 0 Å². The first-order valence-electron chi connectivity index (χ1n) is 8.12. The Bertz CT molecular complexity index is 790. The van der Waals surface area contributed by atoms with Crippen molar-refractivity contribution in [2.75, 3.05) is 13.6 Å². The minimum Gasteiger partial charge on any atom is -0.459 e. The second kappa shape index (κ2) is 7.55. The zero-order chi connectivity index (χ0) is 18.6. The number of halogens is 1. The van der Waals surface area contributed by atoms with Crippen LogP contribution in [0, 0.1) is 12.7 Å².